The number of halogens is 1. The van der Waals surface area contributed by atoms with Gasteiger partial charge >= 0.3 is 0 Å². The van der Waals surface area contributed by atoms with Crippen LogP contribution < -0.4 is 10.2 Å². The van der Waals surface area contributed by atoms with E-state index in [2.05, 4.69) is 39.4 Å². The van der Waals surface area contributed by atoms with Crippen LogP contribution in [0, 0.1) is 6.92 Å². The molecule has 0 atom stereocenters. The quantitative estimate of drug-likeness (QED) is 0.274. The average molecular weight is 460 g/mol. The summed E-state index contributed by atoms with van der Waals surface area (Å²) in [4.78, 5) is 12.7. The number of hydrogen-bond acceptors (Lipinski definition) is 3. The fourth-order valence-corrected chi connectivity index (χ4v) is 3.72. The van der Waals surface area contributed by atoms with Gasteiger partial charge in [0.25, 0.3) is 5.91 Å². The number of ether oxygens (including phenoxy) is 1. The Balaban J connectivity index is 1.49. The lowest BCUT2D eigenvalue weighted by atomic mass is 10.1. The minimum atomic E-state index is -1.11. The molecule has 5 nitrogen and oxygen atoms in total. The van der Waals surface area contributed by atoms with E-state index in [1.807, 2.05) is 49.5 Å². The van der Waals surface area contributed by atoms with Crippen molar-refractivity contribution in [2.24, 2.45) is 5.10 Å². The fourth-order valence-electron chi connectivity index (χ4n) is 3.61. The van der Waals surface area contributed by atoms with Crippen molar-refractivity contribution in [3.05, 3.63) is 101 Å². The molecule has 33 heavy (non-hydrogen) atoms. The zero-order chi connectivity index (χ0) is 23.4. The van der Waals surface area contributed by atoms with Gasteiger partial charge in [0, 0.05) is 34.2 Å². The van der Waals surface area contributed by atoms with Crippen LogP contribution in [-0.2, 0) is 11.3 Å². The summed E-state index contributed by atoms with van der Waals surface area (Å²) in [5.41, 5.74) is 5.63. The number of nitrogens with zero attached hydrogens (tertiary/aromatic N) is 2. The molecule has 1 heterocycles. The third-order valence-electron chi connectivity index (χ3n) is 5.43. The SMILES string of the molecule is Cc1cc(OC(C)(C)C(=O)NN=Cc2cn(Cc3ccccc3)c3ccccc23)ccc1Cl. The van der Waals surface area contributed by atoms with Crippen molar-refractivity contribution in [1.29, 1.82) is 0 Å². The number of carbonyl (C=O) groups is 1. The Bertz CT molecular complexity index is 1310. The van der Waals surface area contributed by atoms with E-state index in [0.29, 0.717) is 10.8 Å². The summed E-state index contributed by atoms with van der Waals surface area (Å²) in [7, 11) is 0. The number of benzene rings is 3. The molecule has 168 valence electrons. The number of carbonyl (C=O) groups excluding carboxylic acids is 1. The zero-order valence-electron chi connectivity index (χ0n) is 18.9. The van der Waals surface area contributed by atoms with Crippen LogP contribution >= 0.6 is 11.6 Å². The van der Waals surface area contributed by atoms with E-state index in [0.717, 1.165) is 28.6 Å². The lowest BCUT2D eigenvalue weighted by molar-refractivity contribution is -0.134. The molecule has 0 bridgehead atoms. The van der Waals surface area contributed by atoms with Crippen LogP contribution in [0.3, 0.4) is 0 Å². The normalized spacial score (nSPS) is 11.8. The molecular weight excluding hydrogens is 434 g/mol. The third kappa shape index (κ3) is 5.26. The number of rotatable bonds is 7. The lowest BCUT2D eigenvalue weighted by Gasteiger charge is -2.24. The molecule has 0 unspecified atom stereocenters. The Labute approximate surface area is 198 Å². The molecule has 0 saturated heterocycles. The van der Waals surface area contributed by atoms with Crippen LogP contribution in [0.4, 0.5) is 0 Å². The van der Waals surface area contributed by atoms with Gasteiger partial charge in [-0.15, -0.1) is 0 Å². The summed E-state index contributed by atoms with van der Waals surface area (Å²) in [6.07, 6.45) is 3.72. The van der Waals surface area contributed by atoms with Crippen LogP contribution in [0.2, 0.25) is 5.02 Å². The van der Waals surface area contributed by atoms with Gasteiger partial charge in [0.15, 0.2) is 5.60 Å². The Morgan fingerprint density at radius 1 is 1.09 bits per heavy atom. The molecule has 1 N–H and O–H groups in total. The number of hydrogen-bond donors (Lipinski definition) is 1. The molecule has 3 aromatic carbocycles. The predicted molar refractivity (Wildman–Crippen MR) is 134 cm³/mol. The minimum absolute atomic E-state index is 0.348. The van der Waals surface area contributed by atoms with Gasteiger partial charge in [0.05, 0.1) is 6.21 Å². The summed E-state index contributed by atoms with van der Waals surface area (Å²) in [6, 6.07) is 23.7. The number of aryl methyl sites for hydroxylation is 1. The first-order valence-corrected chi connectivity index (χ1v) is 11.1. The smallest absolute Gasteiger partial charge is 0.283 e. The third-order valence-corrected chi connectivity index (χ3v) is 5.86. The zero-order valence-corrected chi connectivity index (χ0v) is 19.6. The van der Waals surface area contributed by atoms with E-state index in [1.165, 1.54) is 5.56 Å². The van der Waals surface area contributed by atoms with Gasteiger partial charge in [-0.2, -0.15) is 5.10 Å². The molecule has 0 radical (unpaired) electrons. The van der Waals surface area contributed by atoms with Crippen molar-refractivity contribution in [2.75, 3.05) is 0 Å². The first kappa shape index (κ1) is 22.6. The monoisotopic (exact) mass is 459 g/mol. The molecule has 1 aromatic heterocycles. The second-order valence-corrected chi connectivity index (χ2v) is 8.84. The highest BCUT2D eigenvalue weighted by Gasteiger charge is 2.30. The summed E-state index contributed by atoms with van der Waals surface area (Å²) in [5, 5.41) is 5.93. The highest BCUT2D eigenvalue weighted by Crippen LogP contribution is 2.25. The van der Waals surface area contributed by atoms with Gasteiger partial charge in [-0.25, -0.2) is 5.43 Å². The maximum absolute atomic E-state index is 12.7. The van der Waals surface area contributed by atoms with Gasteiger partial charge in [0.2, 0.25) is 0 Å². The van der Waals surface area contributed by atoms with Crippen LogP contribution in [-0.4, -0.2) is 22.3 Å². The number of fused-ring (bicyclic) bond motifs is 1. The number of hydrazone groups is 1. The standard InChI is InChI=1S/C27H26ClN3O2/c1-19-15-22(13-14-24(19)28)33-27(2,3)26(32)30-29-16-21-18-31(17-20-9-5-4-6-10-20)25-12-8-7-11-23(21)25/h4-16,18H,17H2,1-3H3,(H,30,32). The van der Waals surface area contributed by atoms with Crippen molar-refractivity contribution in [1.82, 2.24) is 9.99 Å². The summed E-state index contributed by atoms with van der Waals surface area (Å²) >= 11 is 6.07. The van der Waals surface area contributed by atoms with Gasteiger partial charge in [-0.1, -0.05) is 60.1 Å². The molecule has 6 heteroatoms. The van der Waals surface area contributed by atoms with E-state index in [4.69, 9.17) is 16.3 Å². The second-order valence-electron chi connectivity index (χ2n) is 8.44. The average Bonchev–Trinajstić information content (AvgIpc) is 3.14. The van der Waals surface area contributed by atoms with Crippen molar-refractivity contribution in [3.8, 4) is 5.75 Å². The van der Waals surface area contributed by atoms with Gasteiger partial charge < -0.3 is 9.30 Å². The number of amides is 1. The maximum atomic E-state index is 12.7. The van der Waals surface area contributed by atoms with Crippen LogP contribution in [0.15, 0.2) is 84.1 Å². The highest BCUT2D eigenvalue weighted by atomic mass is 35.5. The number of aromatic nitrogens is 1. The van der Waals surface area contributed by atoms with E-state index in [1.54, 1.807) is 32.2 Å². The Hall–Kier alpha value is -3.57. The summed E-state index contributed by atoms with van der Waals surface area (Å²) < 4.78 is 8.08. The predicted octanol–water partition coefficient (Wildman–Crippen LogP) is 5.96. The molecular formula is C27H26ClN3O2. The Kier molecular flexibility index (Phi) is 6.52. The van der Waals surface area contributed by atoms with Gasteiger partial charge in [-0.05, 0) is 56.2 Å². The van der Waals surface area contributed by atoms with E-state index >= 15 is 0 Å². The van der Waals surface area contributed by atoms with Crippen LogP contribution in [0.25, 0.3) is 10.9 Å². The number of para-hydroxylation sites is 1. The molecule has 0 aliphatic heterocycles. The number of nitrogens with one attached hydrogen (secondary N) is 1. The molecule has 0 saturated carbocycles. The minimum Gasteiger partial charge on any atom is -0.478 e. The first-order chi connectivity index (χ1) is 15.8. The van der Waals surface area contributed by atoms with Crippen molar-refractivity contribution < 1.29 is 9.53 Å². The largest absolute Gasteiger partial charge is 0.478 e. The summed E-state index contributed by atoms with van der Waals surface area (Å²) in [6.45, 7) is 6.05. The maximum Gasteiger partial charge on any atom is 0.283 e. The molecule has 0 aliphatic carbocycles. The lowest BCUT2D eigenvalue weighted by Crippen LogP contribution is -2.44. The molecule has 4 aromatic rings. The Morgan fingerprint density at radius 2 is 1.82 bits per heavy atom. The fraction of sp³-hybridized carbons (Fsp3) is 0.185. The van der Waals surface area contributed by atoms with Crippen LogP contribution in [0.5, 0.6) is 5.75 Å². The summed E-state index contributed by atoms with van der Waals surface area (Å²) in [5.74, 6) is 0.226. The van der Waals surface area contributed by atoms with Crippen molar-refractivity contribution in [2.45, 2.75) is 32.9 Å². The Morgan fingerprint density at radius 3 is 2.58 bits per heavy atom. The van der Waals surface area contributed by atoms with E-state index in [-0.39, 0.29) is 5.91 Å². The highest BCUT2D eigenvalue weighted by molar-refractivity contribution is 6.31. The van der Waals surface area contributed by atoms with Gasteiger partial charge in [-0.3, -0.25) is 4.79 Å². The molecule has 0 fully saturated rings. The van der Waals surface area contributed by atoms with Crippen molar-refractivity contribution >= 4 is 34.6 Å². The molecule has 0 aliphatic rings. The topological polar surface area (TPSA) is 55.6 Å². The molecule has 4 rings (SSSR count). The van der Waals surface area contributed by atoms with Crippen LogP contribution in [0.1, 0.15) is 30.5 Å². The second kappa shape index (κ2) is 9.51. The van der Waals surface area contributed by atoms with E-state index < -0.39 is 5.60 Å². The van der Waals surface area contributed by atoms with E-state index in [9.17, 15) is 4.79 Å². The molecule has 0 spiro atoms. The first-order valence-electron chi connectivity index (χ1n) is 10.7. The van der Waals surface area contributed by atoms with Crippen molar-refractivity contribution in [3.63, 3.8) is 0 Å². The van der Waals surface area contributed by atoms with Gasteiger partial charge in [0.1, 0.15) is 5.75 Å². The molecule has 1 amide bonds.